The van der Waals surface area contributed by atoms with E-state index in [1.54, 1.807) is 23.3 Å². The third-order valence-electron chi connectivity index (χ3n) is 2.57. The van der Waals surface area contributed by atoms with Gasteiger partial charge in [-0.2, -0.15) is 4.68 Å². The zero-order valence-corrected chi connectivity index (χ0v) is 8.83. The highest BCUT2D eigenvalue weighted by atomic mass is 15.5. The molecule has 3 rings (SSSR count). The summed E-state index contributed by atoms with van der Waals surface area (Å²) in [6.07, 6.45) is 5.80. The topological polar surface area (TPSA) is 68.8 Å². The van der Waals surface area contributed by atoms with Gasteiger partial charge in [-0.1, -0.05) is 5.21 Å². The molecule has 0 atom stereocenters. The quantitative estimate of drug-likeness (QED) is 0.690. The van der Waals surface area contributed by atoms with E-state index in [2.05, 4.69) is 25.3 Å². The normalized spacial score (nSPS) is 14.4. The van der Waals surface area contributed by atoms with Crippen LogP contribution in [0.2, 0.25) is 0 Å². The monoisotopic (exact) mass is 214 g/mol. The van der Waals surface area contributed by atoms with Crippen molar-refractivity contribution in [1.82, 2.24) is 25.0 Å². The summed E-state index contributed by atoms with van der Waals surface area (Å²) in [6.45, 7) is 2.74. The summed E-state index contributed by atoms with van der Waals surface area (Å²) < 4.78 is 1.74. The van der Waals surface area contributed by atoms with Crippen molar-refractivity contribution in [3.63, 3.8) is 0 Å². The van der Waals surface area contributed by atoms with E-state index in [1.165, 1.54) is 0 Å². The lowest BCUT2D eigenvalue weighted by atomic mass is 10.1. The molecule has 0 amide bonds. The van der Waals surface area contributed by atoms with Crippen LogP contribution in [-0.4, -0.2) is 37.2 Å². The molecule has 6 nitrogen and oxygen atoms in total. The van der Waals surface area contributed by atoms with Gasteiger partial charge in [0, 0.05) is 25.4 Å². The molecule has 80 valence electrons. The van der Waals surface area contributed by atoms with Crippen LogP contribution < -0.4 is 0 Å². The SMILES string of the molecule is CC1=NCCc2c1nnn2-c1cnccn1. The van der Waals surface area contributed by atoms with Crippen LogP contribution in [0.25, 0.3) is 5.82 Å². The van der Waals surface area contributed by atoms with Gasteiger partial charge in [0.2, 0.25) is 0 Å². The molecule has 3 heterocycles. The molecule has 0 aromatic carbocycles. The van der Waals surface area contributed by atoms with E-state index >= 15 is 0 Å². The van der Waals surface area contributed by atoms with Crippen LogP contribution in [-0.2, 0) is 6.42 Å². The van der Waals surface area contributed by atoms with Gasteiger partial charge in [-0.3, -0.25) is 9.98 Å². The number of aliphatic imine (C=N–C) groups is 1. The van der Waals surface area contributed by atoms with Gasteiger partial charge >= 0.3 is 0 Å². The van der Waals surface area contributed by atoms with Gasteiger partial charge in [0.25, 0.3) is 0 Å². The number of hydrogen-bond donors (Lipinski definition) is 0. The molecule has 0 fully saturated rings. The van der Waals surface area contributed by atoms with Crippen molar-refractivity contribution in [3.8, 4) is 5.82 Å². The Bertz CT molecular complexity index is 542. The second-order valence-electron chi connectivity index (χ2n) is 3.58. The highest BCUT2D eigenvalue weighted by molar-refractivity contribution is 5.98. The molecular weight excluding hydrogens is 204 g/mol. The fourth-order valence-corrected chi connectivity index (χ4v) is 1.80. The molecular formula is C10H10N6. The van der Waals surface area contributed by atoms with Crippen molar-refractivity contribution in [2.75, 3.05) is 6.54 Å². The Morgan fingerprint density at radius 2 is 2.25 bits per heavy atom. The molecule has 16 heavy (non-hydrogen) atoms. The third-order valence-corrected chi connectivity index (χ3v) is 2.57. The fraction of sp³-hybridized carbons (Fsp3) is 0.300. The molecule has 0 aliphatic carbocycles. The fourth-order valence-electron chi connectivity index (χ4n) is 1.80. The van der Waals surface area contributed by atoms with Gasteiger partial charge < -0.3 is 0 Å². The van der Waals surface area contributed by atoms with E-state index in [4.69, 9.17) is 0 Å². The van der Waals surface area contributed by atoms with Crippen LogP contribution >= 0.6 is 0 Å². The first-order chi connectivity index (χ1) is 7.86. The molecule has 0 spiro atoms. The van der Waals surface area contributed by atoms with Gasteiger partial charge in [-0.05, 0) is 6.92 Å². The minimum absolute atomic E-state index is 0.700. The molecule has 6 heteroatoms. The van der Waals surface area contributed by atoms with E-state index in [0.717, 1.165) is 30.1 Å². The van der Waals surface area contributed by atoms with Crippen molar-refractivity contribution in [3.05, 3.63) is 30.0 Å². The van der Waals surface area contributed by atoms with Crippen LogP contribution in [0.3, 0.4) is 0 Å². The standard InChI is InChI=1S/C10H10N6/c1-7-10-8(2-3-12-7)16(15-14-10)9-6-11-4-5-13-9/h4-6H,2-3H2,1H3. The summed E-state index contributed by atoms with van der Waals surface area (Å²) in [5, 5.41) is 8.23. The highest BCUT2D eigenvalue weighted by Gasteiger charge is 2.19. The Morgan fingerprint density at radius 3 is 3.06 bits per heavy atom. The molecule has 0 N–H and O–H groups in total. The third kappa shape index (κ3) is 1.30. The van der Waals surface area contributed by atoms with E-state index in [0.29, 0.717) is 5.82 Å². The second kappa shape index (κ2) is 3.48. The zero-order valence-electron chi connectivity index (χ0n) is 8.83. The first-order valence-electron chi connectivity index (χ1n) is 5.08. The Balaban J connectivity index is 2.15. The summed E-state index contributed by atoms with van der Waals surface area (Å²) in [7, 11) is 0. The van der Waals surface area contributed by atoms with E-state index in [9.17, 15) is 0 Å². The maximum Gasteiger partial charge on any atom is 0.173 e. The van der Waals surface area contributed by atoms with Crippen molar-refractivity contribution in [1.29, 1.82) is 0 Å². The molecule has 0 bridgehead atoms. The van der Waals surface area contributed by atoms with Gasteiger partial charge in [0.1, 0.15) is 5.69 Å². The average molecular weight is 214 g/mol. The molecule has 0 saturated heterocycles. The lowest BCUT2D eigenvalue weighted by Crippen LogP contribution is -2.13. The van der Waals surface area contributed by atoms with Gasteiger partial charge in [-0.25, -0.2) is 4.98 Å². The molecule has 1 aliphatic rings. The summed E-state index contributed by atoms with van der Waals surface area (Å²) >= 11 is 0. The minimum atomic E-state index is 0.700. The Kier molecular flexibility index (Phi) is 1.99. The maximum atomic E-state index is 4.34. The Morgan fingerprint density at radius 1 is 1.31 bits per heavy atom. The highest BCUT2D eigenvalue weighted by Crippen LogP contribution is 2.15. The van der Waals surface area contributed by atoms with Crippen LogP contribution in [0.4, 0.5) is 0 Å². The number of hydrogen-bond acceptors (Lipinski definition) is 5. The summed E-state index contributed by atoms with van der Waals surface area (Å²) in [4.78, 5) is 12.6. The zero-order chi connectivity index (χ0) is 11.0. The summed E-state index contributed by atoms with van der Waals surface area (Å²) in [5.74, 6) is 0.700. The molecule has 2 aromatic rings. The Labute approximate surface area is 92.1 Å². The minimum Gasteiger partial charge on any atom is -0.287 e. The smallest absolute Gasteiger partial charge is 0.173 e. The number of nitrogens with zero attached hydrogens (tertiary/aromatic N) is 6. The molecule has 0 unspecified atom stereocenters. The number of aromatic nitrogens is 5. The Hall–Kier alpha value is -2.11. The average Bonchev–Trinajstić information content (AvgIpc) is 2.75. The van der Waals surface area contributed by atoms with Crippen LogP contribution in [0.5, 0.6) is 0 Å². The molecule has 2 aromatic heterocycles. The molecule has 0 saturated carbocycles. The van der Waals surface area contributed by atoms with E-state index in [-0.39, 0.29) is 0 Å². The van der Waals surface area contributed by atoms with Gasteiger partial charge in [0.15, 0.2) is 5.82 Å². The lowest BCUT2D eigenvalue weighted by molar-refractivity contribution is 0.733. The predicted molar refractivity (Wildman–Crippen MR) is 57.7 cm³/mol. The van der Waals surface area contributed by atoms with E-state index < -0.39 is 0 Å². The van der Waals surface area contributed by atoms with Crippen molar-refractivity contribution in [2.24, 2.45) is 4.99 Å². The lowest BCUT2D eigenvalue weighted by Gasteiger charge is -2.09. The maximum absolute atomic E-state index is 4.34. The van der Waals surface area contributed by atoms with Gasteiger partial charge in [0.05, 0.1) is 17.6 Å². The van der Waals surface area contributed by atoms with Crippen LogP contribution in [0.15, 0.2) is 23.6 Å². The van der Waals surface area contributed by atoms with Gasteiger partial charge in [-0.15, -0.1) is 5.10 Å². The predicted octanol–water partition coefficient (Wildman–Crippen LogP) is 0.422. The summed E-state index contributed by atoms with van der Waals surface area (Å²) in [6, 6.07) is 0. The van der Waals surface area contributed by atoms with Crippen LogP contribution in [0.1, 0.15) is 18.3 Å². The van der Waals surface area contributed by atoms with Crippen LogP contribution in [0, 0.1) is 0 Å². The van der Waals surface area contributed by atoms with Crippen molar-refractivity contribution in [2.45, 2.75) is 13.3 Å². The first-order valence-corrected chi connectivity index (χ1v) is 5.08. The van der Waals surface area contributed by atoms with E-state index in [1.807, 2.05) is 6.92 Å². The molecule has 1 aliphatic heterocycles. The second-order valence-corrected chi connectivity index (χ2v) is 3.58. The largest absolute Gasteiger partial charge is 0.287 e. The number of rotatable bonds is 1. The van der Waals surface area contributed by atoms with Crippen molar-refractivity contribution < 1.29 is 0 Å². The molecule has 0 radical (unpaired) electrons. The number of fused-ring (bicyclic) bond motifs is 1. The summed E-state index contributed by atoms with van der Waals surface area (Å²) in [5.41, 5.74) is 2.88. The first kappa shape index (κ1) is 9.14. The van der Waals surface area contributed by atoms with Crippen molar-refractivity contribution >= 4 is 5.71 Å².